The minimum atomic E-state index is -5.93. The molecule has 29 heavy (non-hydrogen) atoms. The number of anilines is 2. The van der Waals surface area contributed by atoms with Crippen LogP contribution < -0.4 is 9.80 Å². The molecule has 0 saturated carbocycles. The lowest BCUT2D eigenvalue weighted by Gasteiger charge is -2.36. The van der Waals surface area contributed by atoms with E-state index in [-0.39, 0.29) is 16.5 Å². The quantitative estimate of drug-likeness (QED) is 0.745. The Morgan fingerprint density at radius 1 is 0.931 bits per heavy atom. The Morgan fingerprint density at radius 3 is 1.93 bits per heavy atom. The third-order valence-corrected chi connectivity index (χ3v) is 5.75. The minimum Gasteiger partial charge on any atom is -0.369 e. The third kappa shape index (κ3) is 3.84. The maximum absolute atomic E-state index is 13.0. The van der Waals surface area contributed by atoms with E-state index in [9.17, 15) is 31.4 Å². The Morgan fingerprint density at radius 2 is 1.45 bits per heavy atom. The molecule has 2 heterocycles. The summed E-state index contributed by atoms with van der Waals surface area (Å²) in [5.41, 5.74) is -3.60. The van der Waals surface area contributed by atoms with Crippen LogP contribution in [0.3, 0.4) is 0 Å². The summed E-state index contributed by atoms with van der Waals surface area (Å²) in [7, 11) is 0. The van der Waals surface area contributed by atoms with Gasteiger partial charge in [0, 0.05) is 38.1 Å². The van der Waals surface area contributed by atoms with Crippen LogP contribution in [0.25, 0.3) is 0 Å². The monoisotopic (exact) mass is 436 g/mol. The van der Waals surface area contributed by atoms with Gasteiger partial charge in [-0.25, -0.2) is 4.98 Å². The second kappa shape index (κ2) is 7.38. The van der Waals surface area contributed by atoms with Crippen molar-refractivity contribution in [1.29, 1.82) is 5.26 Å². The second-order valence-corrected chi connectivity index (χ2v) is 7.35. The van der Waals surface area contributed by atoms with E-state index < -0.39 is 22.8 Å². The molecule has 0 radical (unpaired) electrons. The van der Waals surface area contributed by atoms with E-state index in [1.807, 2.05) is 11.0 Å². The molecule has 2 aromatic rings. The molecule has 1 aromatic carbocycles. The Bertz CT molecular complexity index is 880. The number of aliphatic hydroxyl groups is 1. The predicted molar refractivity (Wildman–Crippen MR) is 93.7 cm³/mol. The molecule has 0 bridgehead atoms. The van der Waals surface area contributed by atoms with Crippen molar-refractivity contribution < 1.29 is 31.4 Å². The molecule has 3 rings (SSSR count). The molecule has 0 unspecified atom stereocenters. The molecular weight excluding hydrogens is 422 g/mol. The van der Waals surface area contributed by atoms with Gasteiger partial charge in [-0.3, -0.25) is 0 Å². The van der Waals surface area contributed by atoms with E-state index in [1.54, 1.807) is 29.2 Å². The van der Waals surface area contributed by atoms with E-state index >= 15 is 0 Å². The molecule has 0 amide bonds. The largest absolute Gasteiger partial charge is 0.431 e. The number of rotatable bonds is 3. The molecule has 0 spiro atoms. The van der Waals surface area contributed by atoms with Gasteiger partial charge in [0.25, 0.3) is 5.60 Å². The average molecular weight is 436 g/mol. The molecule has 1 aromatic heterocycles. The van der Waals surface area contributed by atoms with Crippen LogP contribution in [0.1, 0.15) is 10.4 Å². The predicted octanol–water partition coefficient (Wildman–Crippen LogP) is 3.65. The van der Waals surface area contributed by atoms with Crippen LogP contribution >= 0.6 is 11.3 Å². The number of piperazine rings is 1. The molecule has 1 N–H and O–H groups in total. The number of benzene rings is 1. The smallest absolute Gasteiger partial charge is 0.369 e. The number of nitrogens with zero attached hydrogens (tertiary/aromatic N) is 4. The fourth-order valence-corrected chi connectivity index (χ4v) is 4.02. The summed E-state index contributed by atoms with van der Waals surface area (Å²) in [5, 5.41) is 18.3. The zero-order valence-electron chi connectivity index (χ0n) is 14.6. The maximum Gasteiger partial charge on any atom is 0.431 e. The van der Waals surface area contributed by atoms with E-state index in [0.29, 0.717) is 37.9 Å². The van der Waals surface area contributed by atoms with Gasteiger partial charge in [0.2, 0.25) is 0 Å². The van der Waals surface area contributed by atoms with Crippen molar-refractivity contribution in [1.82, 2.24) is 4.98 Å². The molecule has 1 aliphatic heterocycles. The van der Waals surface area contributed by atoms with E-state index in [0.717, 1.165) is 5.69 Å². The Balaban J connectivity index is 1.74. The highest BCUT2D eigenvalue weighted by molar-refractivity contribution is 7.15. The number of thiazole rings is 1. The standard InChI is InChI=1S/C17H14F6N4OS/c18-16(19,20)15(28,17(21,22)23)13-10-25-14(29-13)27-7-5-26(6-8-27)12-3-1-11(9-24)2-4-12/h1-4,10,28H,5-8H2. The summed E-state index contributed by atoms with van der Waals surface area (Å²) in [4.78, 5) is 5.92. The van der Waals surface area contributed by atoms with Crippen molar-refractivity contribution in [2.75, 3.05) is 36.0 Å². The summed E-state index contributed by atoms with van der Waals surface area (Å²) >= 11 is 0.172. The second-order valence-electron chi connectivity index (χ2n) is 6.35. The van der Waals surface area contributed by atoms with Crippen molar-refractivity contribution >= 4 is 22.2 Å². The van der Waals surface area contributed by atoms with Crippen LogP contribution in [0.15, 0.2) is 30.5 Å². The summed E-state index contributed by atoms with van der Waals surface area (Å²) in [6.45, 7) is 1.57. The minimum absolute atomic E-state index is 0.0218. The molecule has 156 valence electrons. The lowest BCUT2D eigenvalue weighted by atomic mass is 10.0. The van der Waals surface area contributed by atoms with Crippen LogP contribution in [0.5, 0.6) is 0 Å². The zero-order valence-corrected chi connectivity index (χ0v) is 15.4. The fraction of sp³-hybridized carbons (Fsp3) is 0.412. The zero-order chi connectivity index (χ0) is 21.4. The van der Waals surface area contributed by atoms with Crippen LogP contribution in [0.2, 0.25) is 0 Å². The summed E-state index contributed by atoms with van der Waals surface area (Å²) < 4.78 is 78.0. The SMILES string of the molecule is N#Cc1ccc(N2CCN(c3ncc(C(O)(C(F)(F)F)C(F)(F)F)s3)CC2)cc1. The van der Waals surface area contributed by atoms with Gasteiger partial charge in [-0.05, 0) is 24.3 Å². The van der Waals surface area contributed by atoms with Gasteiger partial charge in [0.1, 0.15) is 0 Å². The lowest BCUT2D eigenvalue weighted by molar-refractivity contribution is -0.375. The maximum atomic E-state index is 13.0. The Kier molecular flexibility index (Phi) is 5.40. The number of nitriles is 1. The number of hydrogen-bond donors (Lipinski definition) is 1. The third-order valence-electron chi connectivity index (χ3n) is 4.58. The van der Waals surface area contributed by atoms with Crippen LogP contribution in [-0.2, 0) is 5.60 Å². The number of aromatic nitrogens is 1. The van der Waals surface area contributed by atoms with Crippen molar-refractivity contribution in [2.24, 2.45) is 0 Å². The molecular formula is C17H14F6N4OS. The van der Waals surface area contributed by atoms with E-state index in [1.165, 1.54) is 0 Å². The average Bonchev–Trinajstić information content (AvgIpc) is 3.16. The van der Waals surface area contributed by atoms with Gasteiger partial charge < -0.3 is 14.9 Å². The molecule has 0 atom stereocenters. The van der Waals surface area contributed by atoms with Crippen LogP contribution in [0.4, 0.5) is 37.2 Å². The van der Waals surface area contributed by atoms with Gasteiger partial charge in [-0.2, -0.15) is 31.6 Å². The first-order valence-electron chi connectivity index (χ1n) is 8.29. The van der Waals surface area contributed by atoms with E-state index in [4.69, 9.17) is 5.26 Å². The van der Waals surface area contributed by atoms with Crippen molar-refractivity contribution in [3.8, 4) is 6.07 Å². The molecule has 12 heteroatoms. The molecule has 1 aliphatic rings. The Hall–Kier alpha value is -2.52. The fourth-order valence-electron chi connectivity index (χ4n) is 2.92. The van der Waals surface area contributed by atoms with Crippen LogP contribution in [0, 0.1) is 11.3 Å². The van der Waals surface area contributed by atoms with Crippen LogP contribution in [-0.4, -0.2) is 48.6 Å². The molecule has 0 aliphatic carbocycles. The summed E-state index contributed by atoms with van der Waals surface area (Å²) in [5.74, 6) is 0. The highest BCUT2D eigenvalue weighted by atomic mass is 32.1. The highest BCUT2D eigenvalue weighted by Crippen LogP contribution is 2.52. The highest BCUT2D eigenvalue weighted by Gasteiger charge is 2.72. The lowest BCUT2D eigenvalue weighted by Crippen LogP contribution is -2.53. The first kappa shape index (κ1) is 21.2. The first-order chi connectivity index (χ1) is 13.5. The topological polar surface area (TPSA) is 63.4 Å². The van der Waals surface area contributed by atoms with Crippen molar-refractivity contribution in [3.05, 3.63) is 40.9 Å². The van der Waals surface area contributed by atoms with Crippen molar-refractivity contribution in [2.45, 2.75) is 18.0 Å². The van der Waals surface area contributed by atoms with Gasteiger partial charge in [0.05, 0.1) is 16.5 Å². The molecule has 1 fully saturated rings. The number of hydrogen-bond acceptors (Lipinski definition) is 6. The Labute approximate surface area is 165 Å². The summed E-state index contributed by atoms with van der Waals surface area (Å²) in [6, 6.07) is 8.85. The van der Waals surface area contributed by atoms with Crippen molar-refractivity contribution in [3.63, 3.8) is 0 Å². The van der Waals surface area contributed by atoms with Gasteiger partial charge in [-0.15, -0.1) is 0 Å². The van der Waals surface area contributed by atoms with Gasteiger partial charge >= 0.3 is 12.4 Å². The van der Waals surface area contributed by atoms with Gasteiger partial charge in [0.15, 0.2) is 5.13 Å². The molecule has 1 saturated heterocycles. The summed E-state index contributed by atoms with van der Waals surface area (Å²) in [6.07, 6.45) is -11.4. The number of halogens is 6. The molecule has 5 nitrogen and oxygen atoms in total. The van der Waals surface area contributed by atoms with E-state index in [2.05, 4.69) is 4.98 Å². The normalized spacial score (nSPS) is 16.1. The first-order valence-corrected chi connectivity index (χ1v) is 9.11. The number of alkyl halides is 6. The van der Waals surface area contributed by atoms with Gasteiger partial charge in [-0.1, -0.05) is 11.3 Å².